The molecule has 2 aromatic carbocycles. The Hall–Kier alpha value is -4.70. The fraction of sp³-hybridized carbons (Fsp3) is 0.226. The van der Waals surface area contributed by atoms with Gasteiger partial charge in [0.25, 0.3) is 0 Å². The summed E-state index contributed by atoms with van der Waals surface area (Å²) in [5, 5.41) is 16.3. The smallest absolute Gasteiger partial charge is 0.335 e. The van der Waals surface area contributed by atoms with Crippen LogP contribution in [-0.2, 0) is 4.79 Å². The van der Waals surface area contributed by atoms with Crippen LogP contribution in [0.3, 0.4) is 0 Å². The molecule has 5 rings (SSSR count). The van der Waals surface area contributed by atoms with E-state index in [2.05, 4.69) is 15.6 Å². The van der Waals surface area contributed by atoms with E-state index in [1.54, 1.807) is 37.6 Å². The van der Waals surface area contributed by atoms with Crippen LogP contribution in [0, 0.1) is 5.41 Å². The molecule has 1 aliphatic heterocycles. The first-order valence-electron chi connectivity index (χ1n) is 13.1. The lowest BCUT2D eigenvalue weighted by atomic mass is 9.95. The molecule has 0 bridgehead atoms. The minimum absolute atomic E-state index is 0.123. The first-order chi connectivity index (χ1) is 19.6. The number of ether oxygens (including phenoxy) is 1. The zero-order chi connectivity index (χ0) is 29.3. The Morgan fingerprint density at radius 2 is 1.76 bits per heavy atom. The van der Waals surface area contributed by atoms with E-state index in [0.29, 0.717) is 16.5 Å². The lowest BCUT2D eigenvalue weighted by Gasteiger charge is -2.29. The van der Waals surface area contributed by atoms with Gasteiger partial charge in [0.2, 0.25) is 5.91 Å². The van der Waals surface area contributed by atoms with Crippen LogP contribution in [0.25, 0.3) is 5.69 Å². The number of thiocarbonyl (C=S) groups is 1. The van der Waals surface area contributed by atoms with Crippen molar-refractivity contribution in [1.29, 1.82) is 0 Å². The Morgan fingerprint density at radius 1 is 1.02 bits per heavy atom. The van der Waals surface area contributed by atoms with E-state index in [4.69, 9.17) is 17.0 Å². The molecule has 3 N–H and O–H groups in total. The number of aromatic carboxylic acids is 1. The number of nitrogens with one attached hydrogen (secondary N) is 2. The number of carboxylic acid groups (broad SMARTS) is 1. The van der Waals surface area contributed by atoms with Gasteiger partial charge < -0.3 is 29.9 Å². The zero-order valence-electron chi connectivity index (χ0n) is 23.2. The van der Waals surface area contributed by atoms with Gasteiger partial charge >= 0.3 is 5.97 Å². The molecule has 0 saturated carbocycles. The van der Waals surface area contributed by atoms with Gasteiger partial charge in [-0.1, -0.05) is 26.8 Å². The summed E-state index contributed by atoms with van der Waals surface area (Å²) in [6.45, 7) is 5.55. The summed E-state index contributed by atoms with van der Waals surface area (Å²) in [6, 6.07) is 21.4. The number of hydrogen-bond donors (Lipinski definition) is 3. The number of hydrogen-bond acceptors (Lipinski definition) is 5. The average molecular weight is 570 g/mol. The minimum Gasteiger partial charge on any atom is -0.494 e. The normalized spacial score (nSPS) is 16.8. The standard InChI is InChI=1S/C31H31N5O4S/c1-31(2,3)29(39)33-22-15-14-21(18-25(22)40-4)36-27(26(34-30(36)41)23-8-5-6-16-32-23)24-9-7-17-35(24)20-12-10-19(11-13-20)28(37)38/h5-18,26-27H,1-4H3,(H,33,39)(H,34,41)(H,37,38)/t26-,27+/m0/s1. The van der Waals surface area contributed by atoms with Crippen LogP contribution in [0.1, 0.15) is 54.6 Å². The number of nitrogens with zero attached hydrogens (tertiary/aromatic N) is 3. The Balaban J connectivity index is 1.60. The highest BCUT2D eigenvalue weighted by molar-refractivity contribution is 7.80. The van der Waals surface area contributed by atoms with Crippen molar-refractivity contribution in [3.8, 4) is 11.4 Å². The molecule has 9 nitrogen and oxygen atoms in total. The average Bonchev–Trinajstić information content (AvgIpc) is 3.57. The molecule has 10 heteroatoms. The molecule has 0 radical (unpaired) electrons. The van der Waals surface area contributed by atoms with Crippen molar-refractivity contribution in [1.82, 2.24) is 14.9 Å². The molecule has 0 spiro atoms. The predicted molar refractivity (Wildman–Crippen MR) is 162 cm³/mol. The Morgan fingerprint density at radius 3 is 2.39 bits per heavy atom. The monoisotopic (exact) mass is 569 g/mol. The summed E-state index contributed by atoms with van der Waals surface area (Å²) in [6.07, 6.45) is 3.69. The number of benzene rings is 2. The molecule has 2 aromatic heterocycles. The predicted octanol–water partition coefficient (Wildman–Crippen LogP) is 5.74. The molecule has 41 heavy (non-hydrogen) atoms. The molecular weight excluding hydrogens is 538 g/mol. The molecule has 1 saturated heterocycles. The summed E-state index contributed by atoms with van der Waals surface area (Å²) >= 11 is 5.89. The highest BCUT2D eigenvalue weighted by atomic mass is 32.1. The van der Waals surface area contributed by atoms with Crippen molar-refractivity contribution < 1.29 is 19.4 Å². The van der Waals surface area contributed by atoms with E-state index < -0.39 is 11.4 Å². The van der Waals surface area contributed by atoms with E-state index in [1.807, 2.05) is 85.0 Å². The third-order valence-electron chi connectivity index (χ3n) is 6.97. The van der Waals surface area contributed by atoms with Crippen LogP contribution in [-0.4, -0.2) is 38.8 Å². The summed E-state index contributed by atoms with van der Waals surface area (Å²) < 4.78 is 7.70. The van der Waals surface area contributed by atoms with Crippen molar-refractivity contribution in [2.45, 2.75) is 32.9 Å². The maximum Gasteiger partial charge on any atom is 0.335 e. The molecule has 1 amide bonds. The molecule has 1 fully saturated rings. The van der Waals surface area contributed by atoms with E-state index in [9.17, 15) is 14.7 Å². The number of carbonyl (C=O) groups is 2. The number of rotatable bonds is 7. The van der Waals surface area contributed by atoms with Gasteiger partial charge in [0, 0.05) is 40.9 Å². The number of carboxylic acids is 1. The van der Waals surface area contributed by atoms with Gasteiger partial charge in [0.05, 0.1) is 30.1 Å². The second-order valence-corrected chi connectivity index (χ2v) is 11.1. The SMILES string of the molecule is COc1cc(N2C(=S)N[C@@H](c3ccccn3)[C@H]2c2cccn2-c2ccc(C(=O)O)cc2)ccc1NC(=O)C(C)(C)C. The number of aromatic nitrogens is 2. The minimum atomic E-state index is -0.980. The molecule has 3 heterocycles. The quantitative estimate of drug-likeness (QED) is 0.242. The second-order valence-electron chi connectivity index (χ2n) is 10.7. The van der Waals surface area contributed by atoms with Gasteiger partial charge in [0.1, 0.15) is 11.8 Å². The van der Waals surface area contributed by atoms with Crippen LogP contribution >= 0.6 is 12.2 Å². The van der Waals surface area contributed by atoms with Crippen LogP contribution in [0.2, 0.25) is 0 Å². The third-order valence-corrected chi connectivity index (χ3v) is 7.28. The summed E-state index contributed by atoms with van der Waals surface area (Å²) in [5.74, 6) is -0.601. The van der Waals surface area contributed by atoms with Gasteiger partial charge in [-0.15, -0.1) is 0 Å². The van der Waals surface area contributed by atoms with Crippen molar-refractivity contribution in [3.05, 3.63) is 102 Å². The number of methoxy groups -OCH3 is 1. The zero-order valence-corrected chi connectivity index (χ0v) is 24.0. The topological polar surface area (TPSA) is 109 Å². The lowest BCUT2D eigenvalue weighted by Crippen LogP contribution is -2.30. The molecular formula is C31H31N5O4S. The maximum absolute atomic E-state index is 12.7. The van der Waals surface area contributed by atoms with Crippen LogP contribution in [0.4, 0.5) is 11.4 Å². The molecule has 4 aromatic rings. The maximum atomic E-state index is 12.7. The Bertz CT molecular complexity index is 1590. The fourth-order valence-corrected chi connectivity index (χ4v) is 5.16. The molecule has 2 atom stereocenters. The number of amides is 1. The van der Waals surface area contributed by atoms with Gasteiger partial charge in [-0.2, -0.15) is 0 Å². The summed E-state index contributed by atoms with van der Waals surface area (Å²) in [7, 11) is 1.56. The number of carbonyl (C=O) groups excluding carboxylic acids is 1. The van der Waals surface area contributed by atoms with Crippen LogP contribution < -0.4 is 20.3 Å². The highest BCUT2D eigenvalue weighted by Gasteiger charge is 2.42. The largest absolute Gasteiger partial charge is 0.494 e. The van der Waals surface area contributed by atoms with E-state index in [1.165, 1.54) is 0 Å². The highest BCUT2D eigenvalue weighted by Crippen LogP contribution is 2.44. The van der Waals surface area contributed by atoms with Gasteiger partial charge in [-0.25, -0.2) is 4.79 Å². The summed E-state index contributed by atoms with van der Waals surface area (Å²) in [5.41, 5.74) is 3.52. The Kier molecular flexibility index (Phi) is 7.51. The van der Waals surface area contributed by atoms with Crippen molar-refractivity contribution in [3.63, 3.8) is 0 Å². The van der Waals surface area contributed by atoms with E-state index >= 15 is 0 Å². The third kappa shape index (κ3) is 5.51. The first-order valence-corrected chi connectivity index (χ1v) is 13.5. The Labute approximate surface area is 243 Å². The van der Waals surface area contributed by atoms with Crippen molar-refractivity contribution in [2.24, 2.45) is 5.41 Å². The molecule has 0 aliphatic carbocycles. The van der Waals surface area contributed by atoms with Crippen LogP contribution in [0.15, 0.2) is 85.2 Å². The second kappa shape index (κ2) is 11.1. The molecule has 1 aliphatic rings. The summed E-state index contributed by atoms with van der Waals surface area (Å²) in [4.78, 5) is 30.7. The molecule has 0 unspecified atom stereocenters. The fourth-order valence-electron chi connectivity index (χ4n) is 4.81. The van der Waals surface area contributed by atoms with E-state index in [0.717, 1.165) is 22.8 Å². The van der Waals surface area contributed by atoms with E-state index in [-0.39, 0.29) is 23.6 Å². The number of pyridine rings is 1. The van der Waals surface area contributed by atoms with Crippen molar-refractivity contribution >= 4 is 40.6 Å². The van der Waals surface area contributed by atoms with Gasteiger partial charge in [0.15, 0.2) is 5.11 Å². The number of anilines is 2. The van der Waals surface area contributed by atoms with Crippen molar-refractivity contribution in [2.75, 3.05) is 17.3 Å². The van der Waals surface area contributed by atoms with Gasteiger partial charge in [-0.05, 0) is 72.9 Å². The molecule has 210 valence electrons. The lowest BCUT2D eigenvalue weighted by molar-refractivity contribution is -0.123. The van der Waals surface area contributed by atoms with Crippen LogP contribution in [0.5, 0.6) is 5.75 Å². The van der Waals surface area contributed by atoms with Gasteiger partial charge in [-0.3, -0.25) is 9.78 Å². The first kappa shape index (κ1) is 27.9.